The van der Waals surface area contributed by atoms with Crippen LogP contribution in [0.25, 0.3) is 0 Å². The molecule has 0 aliphatic heterocycles. The maximum atomic E-state index is 0. The molecule has 216 valence electrons. The first kappa shape index (κ1) is 279. The molecule has 0 unspecified atom stereocenters. The van der Waals surface area contributed by atoms with E-state index in [0.29, 0.717) is 0 Å². The molecule has 0 radical (unpaired) electrons. The number of hydrogen-bond donors (Lipinski definition) is 0. The first-order chi connectivity index (χ1) is 0. The minimum absolute atomic E-state index is 0. The molecule has 0 aromatic heterocycles. The van der Waals surface area contributed by atoms with E-state index in [9.17, 15) is 0 Å². The van der Waals surface area contributed by atoms with Gasteiger partial charge >= 0.3 is 0 Å². The van der Waals surface area contributed by atoms with Gasteiger partial charge in [0.1, 0.15) is 0 Å². The predicted molar refractivity (Wildman–Crippen MR) is 0 cm³/mol. The van der Waals surface area contributed by atoms with E-state index >= 15 is 0 Å². The van der Waals surface area contributed by atoms with Gasteiger partial charge in [-0.25, -0.2) is 0 Å². The van der Waals surface area contributed by atoms with Crippen LogP contribution in [-0.2, 0) is 534 Å². The van der Waals surface area contributed by atoms with Gasteiger partial charge in [0, 0.05) is 534 Å². The second-order valence-corrected chi connectivity index (χ2v) is 0. The van der Waals surface area contributed by atoms with Gasteiger partial charge < -0.3 is 0 Å². The zero-order valence-electron chi connectivity index (χ0n) is 9.55. The summed E-state index contributed by atoms with van der Waals surface area (Å²) in [6.45, 7) is 0. The third-order valence-corrected chi connectivity index (χ3v) is 0. The van der Waals surface area contributed by atoms with Crippen LogP contribution in [0.4, 0.5) is 0 Å². The van der Waals surface area contributed by atoms with Crippen molar-refractivity contribution in [2.75, 3.05) is 0 Å². The third kappa shape index (κ3) is 248. The Balaban J connectivity index is 0. The summed E-state index contributed by atoms with van der Waals surface area (Å²) in [5.41, 5.74) is 0. The Morgan fingerprint density at radius 3 is 0.0370 bits per heavy atom. The van der Waals surface area contributed by atoms with Crippen molar-refractivity contribution >= 4 is 0 Å². The molecule has 0 fully saturated rings. The minimum Gasteiger partial charge on any atom is 0 e. The van der Waals surface area contributed by atoms with Gasteiger partial charge in [-0.15, -0.1) is 0 Å². The summed E-state index contributed by atoms with van der Waals surface area (Å²) in [5, 5.41) is 0. The topological polar surface area (TPSA) is 0 Å². The van der Waals surface area contributed by atoms with Crippen molar-refractivity contribution in [3.8, 4) is 0 Å². The summed E-state index contributed by atoms with van der Waals surface area (Å²) in [5.74, 6) is 0. The van der Waals surface area contributed by atoms with E-state index in [1.54, 1.807) is 0 Å². The molecule has 0 saturated heterocycles. The molecule has 0 rings (SSSR count). The molecule has 0 atom stereocenters. The second kappa shape index (κ2) is 260. The molecular formula is Os27. The molecule has 0 aliphatic rings. The van der Waals surface area contributed by atoms with E-state index in [0.717, 1.165) is 0 Å². The third-order valence-electron chi connectivity index (χ3n) is 0. The van der Waals surface area contributed by atoms with Gasteiger partial charge in [-0.2, -0.15) is 0 Å². The van der Waals surface area contributed by atoms with Crippen LogP contribution in [0.2, 0.25) is 0 Å². The van der Waals surface area contributed by atoms with Gasteiger partial charge in [-0.05, 0) is 0 Å². The number of hydrogen-bond acceptors (Lipinski definition) is 0. The van der Waals surface area contributed by atoms with Gasteiger partial charge in [-0.1, -0.05) is 0 Å². The molecule has 0 spiro atoms. The molecule has 27 heavy (non-hydrogen) atoms. The predicted octanol–water partition coefficient (Wildman–Crippen LogP) is -0.0675. The molecule has 0 aromatic rings. The van der Waals surface area contributed by atoms with Crippen LogP contribution in [0.5, 0.6) is 0 Å². The molecule has 0 aromatic carbocycles. The van der Waals surface area contributed by atoms with Crippen LogP contribution >= 0.6 is 0 Å². The normalized spacial score (nSPS) is 0. The van der Waals surface area contributed by atoms with E-state index in [4.69, 9.17) is 0 Å². The van der Waals surface area contributed by atoms with Crippen molar-refractivity contribution in [3.05, 3.63) is 0 Å². The molecule has 0 nitrogen and oxygen atoms in total. The van der Waals surface area contributed by atoms with Crippen LogP contribution < -0.4 is 0 Å². The van der Waals surface area contributed by atoms with Crippen LogP contribution in [0.15, 0.2) is 0 Å². The Morgan fingerprint density at radius 2 is 0.0370 bits per heavy atom. The Morgan fingerprint density at radius 1 is 0.0370 bits per heavy atom. The summed E-state index contributed by atoms with van der Waals surface area (Å²) in [4.78, 5) is 0. The molecular weight excluding hydrogens is 5140 g/mol. The zero-order valence-corrected chi connectivity index (χ0v) is 78.1. The van der Waals surface area contributed by atoms with Crippen molar-refractivity contribution < 1.29 is 534 Å². The van der Waals surface area contributed by atoms with Crippen LogP contribution in [0, 0.1) is 0 Å². The van der Waals surface area contributed by atoms with E-state index in [-0.39, 0.29) is 534 Å². The van der Waals surface area contributed by atoms with Crippen molar-refractivity contribution in [2.45, 2.75) is 0 Å². The van der Waals surface area contributed by atoms with Crippen LogP contribution in [-0.4, -0.2) is 0 Å². The monoisotopic (exact) mass is 5180 g/mol. The molecule has 0 N–H and O–H groups in total. The summed E-state index contributed by atoms with van der Waals surface area (Å²) >= 11 is 0. The maximum Gasteiger partial charge on any atom is 0 e. The Kier molecular flexibility index (Phi) is 2690. The van der Waals surface area contributed by atoms with Gasteiger partial charge in [0.2, 0.25) is 0 Å². The fraction of sp³-hybridized carbons (Fsp3) is 0. The van der Waals surface area contributed by atoms with Crippen molar-refractivity contribution in [3.63, 3.8) is 0 Å². The smallest absolute Gasteiger partial charge is 0 e. The standard InChI is InChI=1S/27Os. The second-order valence-electron chi connectivity index (χ2n) is 0. The zero-order chi connectivity index (χ0) is 0. The quantitative estimate of drug-likeness (QED) is 0.320. The van der Waals surface area contributed by atoms with Gasteiger partial charge in [0.15, 0.2) is 0 Å². The fourth-order valence-electron chi connectivity index (χ4n) is 0. The van der Waals surface area contributed by atoms with Crippen molar-refractivity contribution in [2.24, 2.45) is 0 Å². The van der Waals surface area contributed by atoms with Crippen LogP contribution in [0.3, 0.4) is 0 Å². The Bertz CT molecular complexity index is 0. The summed E-state index contributed by atoms with van der Waals surface area (Å²) in [6, 6.07) is 0. The molecule has 0 amide bonds. The first-order valence-electron chi connectivity index (χ1n) is 0. The molecule has 27 heteroatoms. The SMILES string of the molecule is [Os].[Os].[Os].[Os].[Os].[Os].[Os].[Os].[Os].[Os].[Os].[Os].[Os].[Os].[Os].[Os].[Os].[Os].[Os].[Os].[Os].[Os].[Os].[Os].[Os].[Os].[Os]. The average Bonchev–Trinajstić information content (AvgIpc) is 0. The fourth-order valence-corrected chi connectivity index (χ4v) is 0. The first-order valence-corrected chi connectivity index (χ1v) is 0. The number of rotatable bonds is 0. The summed E-state index contributed by atoms with van der Waals surface area (Å²) in [7, 11) is 0. The molecule has 0 bridgehead atoms. The van der Waals surface area contributed by atoms with E-state index < -0.39 is 0 Å². The maximum absolute atomic E-state index is 0. The summed E-state index contributed by atoms with van der Waals surface area (Å²) in [6.07, 6.45) is 0. The Labute approximate surface area is 519 Å². The van der Waals surface area contributed by atoms with E-state index in [2.05, 4.69) is 0 Å². The molecule has 0 saturated carbocycles. The molecule has 0 aliphatic carbocycles. The van der Waals surface area contributed by atoms with Gasteiger partial charge in [0.25, 0.3) is 0 Å². The summed E-state index contributed by atoms with van der Waals surface area (Å²) < 4.78 is 0. The largest absolute Gasteiger partial charge is 0 e. The van der Waals surface area contributed by atoms with E-state index in [1.165, 1.54) is 0 Å². The van der Waals surface area contributed by atoms with E-state index in [1.807, 2.05) is 0 Å². The van der Waals surface area contributed by atoms with Crippen molar-refractivity contribution in [1.82, 2.24) is 0 Å². The van der Waals surface area contributed by atoms with Gasteiger partial charge in [0.05, 0.1) is 0 Å². The minimum atomic E-state index is 0. The van der Waals surface area contributed by atoms with Gasteiger partial charge in [-0.3, -0.25) is 0 Å². The Hall–Kier alpha value is 17.2. The van der Waals surface area contributed by atoms with Crippen LogP contribution in [0.1, 0.15) is 0 Å². The average molecular weight is 5140 g/mol. The molecule has 0 heterocycles. The van der Waals surface area contributed by atoms with Crippen molar-refractivity contribution in [1.29, 1.82) is 0 Å².